The van der Waals surface area contributed by atoms with Gasteiger partial charge < -0.3 is 4.74 Å². The molecule has 19 heavy (non-hydrogen) atoms. The van der Waals surface area contributed by atoms with Gasteiger partial charge in [-0.1, -0.05) is 6.08 Å². The molecule has 1 fully saturated rings. The number of aromatic nitrogens is 1. The third kappa shape index (κ3) is 2.89. The van der Waals surface area contributed by atoms with Gasteiger partial charge >= 0.3 is 0 Å². The summed E-state index contributed by atoms with van der Waals surface area (Å²) in [5, 5.41) is 0. The molecule has 0 aromatic carbocycles. The van der Waals surface area contributed by atoms with Gasteiger partial charge in [-0.15, -0.1) is 6.58 Å². The Hall–Kier alpha value is -1.97. The number of pyridine rings is 1. The molecular weight excluding hydrogens is 242 g/mol. The van der Waals surface area contributed by atoms with E-state index in [1.807, 2.05) is 0 Å². The van der Waals surface area contributed by atoms with Crippen LogP contribution in [-0.4, -0.2) is 23.7 Å². The Kier molecular flexibility index (Phi) is 4.10. The van der Waals surface area contributed by atoms with E-state index in [0.29, 0.717) is 30.7 Å². The molecule has 0 atom stereocenters. The van der Waals surface area contributed by atoms with E-state index in [2.05, 4.69) is 11.6 Å². The van der Waals surface area contributed by atoms with Crippen LogP contribution >= 0.6 is 0 Å². The van der Waals surface area contributed by atoms with Crippen molar-refractivity contribution < 1.29 is 14.3 Å². The summed E-state index contributed by atoms with van der Waals surface area (Å²) >= 11 is 0. The number of carbonyl (C=O) groups excluding carboxylic acids is 2. The Bertz CT molecular complexity index is 492. The largest absolute Gasteiger partial charge is 0.497 e. The summed E-state index contributed by atoms with van der Waals surface area (Å²) in [6.07, 6.45) is 4.86. The number of rotatable bonds is 4. The summed E-state index contributed by atoms with van der Waals surface area (Å²) in [7, 11) is 1.55. The van der Waals surface area contributed by atoms with Crippen molar-refractivity contribution >= 4 is 11.6 Å². The van der Waals surface area contributed by atoms with E-state index in [-0.39, 0.29) is 17.5 Å². The standard InChI is InChI=1S/C15H17NO3/c1-3-4-10-7-13(17)15(14(18)8-10)12-9-11(19-2)5-6-16-12/h3,5-6,9-10,15H,1,4,7-8H2,2H3. The first-order valence-electron chi connectivity index (χ1n) is 6.32. The Morgan fingerprint density at radius 2 is 2.11 bits per heavy atom. The van der Waals surface area contributed by atoms with Crippen LogP contribution in [0.4, 0.5) is 0 Å². The van der Waals surface area contributed by atoms with Crippen LogP contribution in [0, 0.1) is 5.92 Å². The van der Waals surface area contributed by atoms with Gasteiger partial charge in [0.25, 0.3) is 0 Å². The Balaban J connectivity index is 2.22. The highest BCUT2D eigenvalue weighted by Crippen LogP contribution is 2.32. The van der Waals surface area contributed by atoms with Crippen molar-refractivity contribution in [3.8, 4) is 5.75 Å². The lowest BCUT2D eigenvalue weighted by atomic mass is 9.77. The summed E-state index contributed by atoms with van der Waals surface area (Å²) in [5.41, 5.74) is 0.492. The van der Waals surface area contributed by atoms with E-state index in [0.717, 1.165) is 0 Å². The second-order valence-electron chi connectivity index (χ2n) is 4.78. The predicted molar refractivity (Wildman–Crippen MR) is 71.1 cm³/mol. The molecule has 1 aliphatic rings. The Labute approximate surface area is 112 Å². The van der Waals surface area contributed by atoms with Gasteiger partial charge in [-0.3, -0.25) is 14.6 Å². The number of hydrogen-bond donors (Lipinski definition) is 0. The van der Waals surface area contributed by atoms with E-state index in [4.69, 9.17) is 4.74 Å². The van der Waals surface area contributed by atoms with E-state index >= 15 is 0 Å². The van der Waals surface area contributed by atoms with Crippen molar-refractivity contribution in [2.24, 2.45) is 5.92 Å². The van der Waals surface area contributed by atoms with Crippen molar-refractivity contribution in [3.05, 3.63) is 36.7 Å². The van der Waals surface area contributed by atoms with Crippen molar-refractivity contribution in [3.63, 3.8) is 0 Å². The fourth-order valence-corrected chi connectivity index (χ4v) is 2.50. The van der Waals surface area contributed by atoms with Crippen molar-refractivity contribution in [2.75, 3.05) is 7.11 Å². The summed E-state index contributed by atoms with van der Waals surface area (Å²) in [6, 6.07) is 3.36. The number of methoxy groups -OCH3 is 1. The maximum Gasteiger partial charge on any atom is 0.149 e. The molecule has 1 aromatic heterocycles. The summed E-state index contributed by atoms with van der Waals surface area (Å²) in [5.74, 6) is -0.123. The van der Waals surface area contributed by atoms with Crippen molar-refractivity contribution in [2.45, 2.75) is 25.2 Å². The molecule has 0 amide bonds. The molecule has 0 bridgehead atoms. The van der Waals surface area contributed by atoms with E-state index in [1.54, 1.807) is 31.5 Å². The lowest BCUT2D eigenvalue weighted by molar-refractivity contribution is -0.133. The van der Waals surface area contributed by atoms with Gasteiger partial charge in [0, 0.05) is 25.1 Å². The number of nitrogens with zero attached hydrogens (tertiary/aromatic N) is 1. The average molecular weight is 259 g/mol. The minimum absolute atomic E-state index is 0.0520. The highest BCUT2D eigenvalue weighted by Gasteiger charge is 2.36. The Morgan fingerprint density at radius 1 is 1.42 bits per heavy atom. The topological polar surface area (TPSA) is 56.3 Å². The minimum atomic E-state index is -0.726. The third-order valence-electron chi connectivity index (χ3n) is 3.41. The van der Waals surface area contributed by atoms with Gasteiger partial charge in [-0.25, -0.2) is 0 Å². The summed E-state index contributed by atoms with van der Waals surface area (Å²) in [6.45, 7) is 3.65. The second kappa shape index (κ2) is 5.78. The van der Waals surface area contributed by atoms with E-state index in [9.17, 15) is 9.59 Å². The van der Waals surface area contributed by atoms with Crippen molar-refractivity contribution in [1.82, 2.24) is 4.98 Å². The lowest BCUT2D eigenvalue weighted by Crippen LogP contribution is -2.32. The first kappa shape index (κ1) is 13.5. The van der Waals surface area contributed by atoms with Crippen LogP contribution in [0.3, 0.4) is 0 Å². The quantitative estimate of drug-likeness (QED) is 0.615. The van der Waals surface area contributed by atoms with Gasteiger partial charge in [-0.05, 0) is 18.4 Å². The molecule has 0 spiro atoms. The molecule has 4 nitrogen and oxygen atoms in total. The van der Waals surface area contributed by atoms with Crippen LogP contribution in [0.1, 0.15) is 30.9 Å². The second-order valence-corrected chi connectivity index (χ2v) is 4.78. The molecule has 1 heterocycles. The number of hydrogen-bond acceptors (Lipinski definition) is 4. The molecule has 1 aromatic rings. The highest BCUT2D eigenvalue weighted by molar-refractivity contribution is 6.09. The van der Waals surface area contributed by atoms with Gasteiger partial charge in [0.05, 0.1) is 12.8 Å². The maximum atomic E-state index is 12.2. The fourth-order valence-electron chi connectivity index (χ4n) is 2.50. The van der Waals surface area contributed by atoms with Crippen LogP contribution < -0.4 is 4.74 Å². The smallest absolute Gasteiger partial charge is 0.149 e. The molecule has 0 unspecified atom stereocenters. The Morgan fingerprint density at radius 3 is 2.68 bits per heavy atom. The van der Waals surface area contributed by atoms with Crippen LogP contribution in [0.2, 0.25) is 0 Å². The van der Waals surface area contributed by atoms with Gasteiger partial charge in [0.1, 0.15) is 23.2 Å². The van der Waals surface area contributed by atoms with Gasteiger partial charge in [0.15, 0.2) is 0 Å². The zero-order valence-corrected chi connectivity index (χ0v) is 11.0. The molecule has 0 N–H and O–H groups in total. The first-order chi connectivity index (χ1) is 9.15. The number of ketones is 2. The fraction of sp³-hybridized carbons (Fsp3) is 0.400. The first-order valence-corrected chi connectivity index (χ1v) is 6.32. The van der Waals surface area contributed by atoms with E-state index < -0.39 is 5.92 Å². The van der Waals surface area contributed by atoms with Crippen LogP contribution in [0.5, 0.6) is 5.75 Å². The predicted octanol–water partition coefficient (Wildman–Crippen LogP) is 2.30. The SMILES string of the molecule is C=CCC1CC(=O)C(c2cc(OC)ccn2)C(=O)C1. The molecule has 0 saturated heterocycles. The minimum Gasteiger partial charge on any atom is -0.497 e. The van der Waals surface area contributed by atoms with Crippen LogP contribution in [-0.2, 0) is 9.59 Å². The monoisotopic (exact) mass is 259 g/mol. The van der Waals surface area contributed by atoms with Gasteiger partial charge in [-0.2, -0.15) is 0 Å². The molecule has 100 valence electrons. The van der Waals surface area contributed by atoms with E-state index in [1.165, 1.54) is 0 Å². The summed E-state index contributed by atoms with van der Waals surface area (Å²) in [4.78, 5) is 28.4. The highest BCUT2D eigenvalue weighted by atomic mass is 16.5. The van der Waals surface area contributed by atoms with Gasteiger partial charge in [0.2, 0.25) is 0 Å². The summed E-state index contributed by atoms with van der Waals surface area (Å²) < 4.78 is 5.10. The molecule has 4 heteroatoms. The molecule has 2 rings (SSSR count). The van der Waals surface area contributed by atoms with Crippen LogP contribution in [0.15, 0.2) is 31.0 Å². The third-order valence-corrected chi connectivity index (χ3v) is 3.41. The molecular formula is C15H17NO3. The molecule has 0 radical (unpaired) electrons. The zero-order valence-electron chi connectivity index (χ0n) is 11.0. The number of ether oxygens (including phenoxy) is 1. The normalized spacial score (nSPS) is 23.2. The van der Waals surface area contributed by atoms with Crippen LogP contribution in [0.25, 0.3) is 0 Å². The number of Topliss-reactive ketones (excluding diaryl/α,β-unsaturated/α-hetero) is 2. The molecule has 1 aliphatic carbocycles. The molecule has 0 aliphatic heterocycles. The zero-order chi connectivity index (χ0) is 13.8. The van der Waals surface area contributed by atoms with Crippen molar-refractivity contribution in [1.29, 1.82) is 0 Å². The average Bonchev–Trinajstić information content (AvgIpc) is 2.38. The molecule has 1 saturated carbocycles. The maximum absolute atomic E-state index is 12.2. The lowest BCUT2D eigenvalue weighted by Gasteiger charge is -2.25. The number of carbonyl (C=O) groups is 2. The number of allylic oxidation sites excluding steroid dienone is 1.